The van der Waals surface area contributed by atoms with E-state index in [1.165, 1.54) is 6.21 Å². The lowest BCUT2D eigenvalue weighted by atomic mass is 10.2. The van der Waals surface area contributed by atoms with Gasteiger partial charge in [-0.3, -0.25) is 9.97 Å². The van der Waals surface area contributed by atoms with E-state index < -0.39 is 0 Å². The number of nitrogens with zero attached hydrogens (tertiary/aromatic N) is 5. The highest BCUT2D eigenvalue weighted by Gasteiger charge is 2.05. The van der Waals surface area contributed by atoms with Gasteiger partial charge < -0.3 is 15.3 Å². The second-order valence-corrected chi connectivity index (χ2v) is 3.67. The van der Waals surface area contributed by atoms with Gasteiger partial charge in [0, 0.05) is 25.5 Å². The Bertz CT molecular complexity index is 634. The molecule has 118 valence electrons. The summed E-state index contributed by atoms with van der Waals surface area (Å²) < 4.78 is 10.9. The maximum Gasteiger partial charge on any atom is 0.161 e. The molecule has 0 saturated heterocycles. The minimum Gasteiger partial charge on any atom is -0.493 e. The smallest absolute Gasteiger partial charge is 0.161 e. The molecular formula is C15H16N6O2. The number of rotatable bonds is 5. The summed E-state index contributed by atoms with van der Waals surface area (Å²) in [5, 5.41) is 16.5. The van der Waals surface area contributed by atoms with E-state index in [9.17, 15) is 0 Å². The molecule has 2 aromatic rings. The molecular weight excluding hydrogens is 296 g/mol. The summed E-state index contributed by atoms with van der Waals surface area (Å²) in [4.78, 5) is 8.10. The maximum absolute atomic E-state index is 6.50. The van der Waals surface area contributed by atoms with Crippen molar-refractivity contribution in [2.24, 2.45) is 10.9 Å². The number of ether oxygens (including phenoxy) is 2. The SMILES string of the molecule is C#N.C#N.COc1cc(C=NN)ccc1OCc1cnccn1. The highest BCUT2D eigenvalue weighted by atomic mass is 16.5. The van der Waals surface area contributed by atoms with Crippen molar-refractivity contribution in [1.82, 2.24) is 9.97 Å². The predicted octanol–water partition coefficient (Wildman–Crippen LogP) is 1.64. The molecule has 8 heteroatoms. The van der Waals surface area contributed by atoms with Crippen molar-refractivity contribution in [1.29, 1.82) is 10.5 Å². The fourth-order valence-corrected chi connectivity index (χ4v) is 1.53. The van der Waals surface area contributed by atoms with Gasteiger partial charge in [0.2, 0.25) is 0 Å². The summed E-state index contributed by atoms with van der Waals surface area (Å²) in [6.07, 6.45) is 6.43. The van der Waals surface area contributed by atoms with Gasteiger partial charge in [-0.2, -0.15) is 5.10 Å². The number of hydrazone groups is 1. The van der Waals surface area contributed by atoms with Crippen LogP contribution in [0.4, 0.5) is 0 Å². The van der Waals surface area contributed by atoms with E-state index in [1.807, 2.05) is 6.07 Å². The lowest BCUT2D eigenvalue weighted by molar-refractivity contribution is 0.280. The molecule has 1 aromatic carbocycles. The molecule has 1 heterocycles. The summed E-state index contributed by atoms with van der Waals surface area (Å²) in [7, 11) is 1.58. The highest BCUT2D eigenvalue weighted by molar-refractivity contribution is 5.80. The van der Waals surface area contributed by atoms with Crippen LogP contribution < -0.4 is 15.3 Å². The molecule has 23 heavy (non-hydrogen) atoms. The quantitative estimate of drug-likeness (QED) is 0.504. The third kappa shape index (κ3) is 6.56. The van der Waals surface area contributed by atoms with Crippen LogP contribution in [0.2, 0.25) is 0 Å². The van der Waals surface area contributed by atoms with Crippen molar-refractivity contribution in [2.75, 3.05) is 7.11 Å². The van der Waals surface area contributed by atoms with Crippen molar-refractivity contribution in [3.63, 3.8) is 0 Å². The molecule has 0 fully saturated rings. The first-order valence-electron chi connectivity index (χ1n) is 6.14. The molecule has 2 rings (SSSR count). The van der Waals surface area contributed by atoms with E-state index in [1.54, 1.807) is 37.8 Å². The third-order valence-electron chi connectivity index (χ3n) is 2.40. The Morgan fingerprint density at radius 1 is 1.22 bits per heavy atom. The van der Waals surface area contributed by atoms with Gasteiger partial charge in [-0.05, 0) is 23.8 Å². The second kappa shape index (κ2) is 12.1. The zero-order valence-corrected chi connectivity index (χ0v) is 12.5. The van der Waals surface area contributed by atoms with Crippen LogP contribution in [0.1, 0.15) is 11.3 Å². The number of hydrogen-bond acceptors (Lipinski definition) is 8. The lowest BCUT2D eigenvalue weighted by Gasteiger charge is -2.10. The summed E-state index contributed by atoms with van der Waals surface area (Å²) in [5.41, 5.74) is 1.59. The van der Waals surface area contributed by atoms with Gasteiger partial charge in [-0.15, -0.1) is 0 Å². The summed E-state index contributed by atoms with van der Waals surface area (Å²) in [5.74, 6) is 6.35. The van der Waals surface area contributed by atoms with Gasteiger partial charge in [0.25, 0.3) is 0 Å². The van der Waals surface area contributed by atoms with Gasteiger partial charge in [0.05, 0.1) is 25.2 Å². The Morgan fingerprint density at radius 2 is 1.96 bits per heavy atom. The van der Waals surface area contributed by atoms with Gasteiger partial charge >= 0.3 is 0 Å². The second-order valence-electron chi connectivity index (χ2n) is 3.67. The van der Waals surface area contributed by atoms with Crippen LogP contribution >= 0.6 is 0 Å². The lowest BCUT2D eigenvalue weighted by Crippen LogP contribution is -2.00. The molecule has 0 aliphatic carbocycles. The molecule has 0 aliphatic heterocycles. The molecule has 1 aromatic heterocycles. The number of aromatic nitrogens is 2. The molecule has 2 N–H and O–H groups in total. The predicted molar refractivity (Wildman–Crippen MR) is 84.5 cm³/mol. The molecule has 0 spiro atoms. The summed E-state index contributed by atoms with van der Waals surface area (Å²) in [6.45, 7) is 7.33. The number of nitriles is 2. The van der Waals surface area contributed by atoms with Gasteiger partial charge in [-0.1, -0.05) is 0 Å². The molecule has 0 amide bonds. The summed E-state index contributed by atoms with van der Waals surface area (Å²) >= 11 is 0. The first-order chi connectivity index (χ1) is 11.3. The molecule has 0 saturated carbocycles. The topological polar surface area (TPSA) is 130 Å². The van der Waals surface area contributed by atoms with E-state index >= 15 is 0 Å². The fourth-order valence-electron chi connectivity index (χ4n) is 1.53. The highest BCUT2D eigenvalue weighted by Crippen LogP contribution is 2.28. The molecule has 0 unspecified atom stereocenters. The minimum absolute atomic E-state index is 0.328. The van der Waals surface area contributed by atoms with Crippen LogP contribution in [0.5, 0.6) is 11.5 Å². The van der Waals surface area contributed by atoms with Crippen LogP contribution in [0.3, 0.4) is 0 Å². The van der Waals surface area contributed by atoms with Crippen LogP contribution in [0, 0.1) is 23.7 Å². The van der Waals surface area contributed by atoms with Crippen molar-refractivity contribution in [3.8, 4) is 24.6 Å². The van der Waals surface area contributed by atoms with E-state index in [4.69, 9.17) is 25.8 Å². The molecule has 0 aliphatic rings. The Hall–Kier alpha value is -3.65. The van der Waals surface area contributed by atoms with Crippen molar-refractivity contribution in [2.45, 2.75) is 6.61 Å². The summed E-state index contributed by atoms with van der Waals surface area (Å²) in [6, 6.07) is 5.43. The van der Waals surface area contributed by atoms with Crippen LogP contribution in [-0.2, 0) is 6.61 Å². The minimum atomic E-state index is 0.328. The molecule has 0 bridgehead atoms. The van der Waals surface area contributed by atoms with E-state index in [0.29, 0.717) is 18.1 Å². The van der Waals surface area contributed by atoms with Crippen molar-refractivity contribution >= 4 is 6.21 Å². The molecule has 0 atom stereocenters. The van der Waals surface area contributed by atoms with Gasteiger partial charge in [0.15, 0.2) is 11.5 Å². The standard InChI is InChI=1S/C13H14N4O2.2CHN/c1-18-13-6-10(7-17-14)2-3-12(13)19-9-11-8-15-4-5-16-11;2*1-2/h2-8H,9,14H2,1H3;2*1H. The Labute approximate surface area is 134 Å². The zero-order chi connectivity index (χ0) is 17.5. The largest absolute Gasteiger partial charge is 0.493 e. The van der Waals surface area contributed by atoms with Crippen molar-refractivity contribution in [3.05, 3.63) is 48.0 Å². The first-order valence-corrected chi connectivity index (χ1v) is 6.14. The fraction of sp³-hybridized carbons (Fsp3) is 0.133. The number of benzene rings is 1. The Kier molecular flexibility index (Phi) is 10.2. The molecule has 0 radical (unpaired) electrons. The van der Waals surface area contributed by atoms with E-state index in [-0.39, 0.29) is 0 Å². The average molecular weight is 312 g/mol. The Morgan fingerprint density at radius 3 is 2.52 bits per heavy atom. The van der Waals surface area contributed by atoms with Gasteiger partial charge in [0.1, 0.15) is 6.61 Å². The monoisotopic (exact) mass is 312 g/mol. The van der Waals surface area contributed by atoms with Crippen LogP contribution in [0.25, 0.3) is 0 Å². The number of methoxy groups -OCH3 is 1. The van der Waals surface area contributed by atoms with Crippen LogP contribution in [0.15, 0.2) is 41.9 Å². The normalized spacial score (nSPS) is 8.91. The molecule has 8 nitrogen and oxygen atoms in total. The maximum atomic E-state index is 6.50. The van der Waals surface area contributed by atoms with Gasteiger partial charge in [-0.25, -0.2) is 10.5 Å². The number of hydrogen-bond donors (Lipinski definition) is 1. The zero-order valence-electron chi connectivity index (χ0n) is 12.5. The van der Waals surface area contributed by atoms with E-state index in [2.05, 4.69) is 28.2 Å². The van der Waals surface area contributed by atoms with Crippen LogP contribution in [-0.4, -0.2) is 23.3 Å². The van der Waals surface area contributed by atoms with E-state index in [0.717, 1.165) is 11.3 Å². The average Bonchev–Trinajstić information content (AvgIpc) is 2.65. The number of nitrogens with two attached hydrogens (primary N) is 1. The van der Waals surface area contributed by atoms with Crippen molar-refractivity contribution < 1.29 is 9.47 Å². The Balaban J connectivity index is 0.00000112. The first kappa shape index (κ1) is 19.4. The third-order valence-corrected chi connectivity index (χ3v) is 2.40.